The van der Waals surface area contributed by atoms with Gasteiger partial charge in [-0.1, -0.05) is 36.8 Å². The van der Waals surface area contributed by atoms with Gasteiger partial charge in [0.2, 0.25) is 0 Å². The number of hydrogen-bond acceptors (Lipinski definition) is 5. The van der Waals surface area contributed by atoms with Crippen molar-refractivity contribution >= 4 is 21.6 Å². The number of benzene rings is 1. The van der Waals surface area contributed by atoms with Crippen LogP contribution in [0.2, 0.25) is 0 Å². The molecule has 1 fully saturated rings. The molecule has 1 aromatic carbocycles. The van der Waals surface area contributed by atoms with Gasteiger partial charge in [-0.05, 0) is 31.4 Å². The molecule has 1 atom stereocenters. The Kier molecular flexibility index (Phi) is 5.15. The first-order valence-corrected chi connectivity index (χ1v) is 10.0. The van der Waals surface area contributed by atoms with Gasteiger partial charge in [0.1, 0.15) is 10.7 Å². The normalized spacial score (nSPS) is 18.4. The van der Waals surface area contributed by atoms with E-state index < -0.39 is 0 Å². The number of nitrogens with one attached hydrogen (secondary N) is 1. The minimum atomic E-state index is -0.0687. The molecule has 2 N–H and O–H groups in total. The SMILES string of the molecule is O=c1[nH]c(CN2CCCCC2CCO)nc2scc(-c3ccccc3)c12. The molecule has 0 aliphatic carbocycles. The van der Waals surface area contributed by atoms with Crippen LogP contribution in [0.15, 0.2) is 40.5 Å². The van der Waals surface area contributed by atoms with Gasteiger partial charge in [0.25, 0.3) is 5.56 Å². The zero-order valence-corrected chi connectivity index (χ0v) is 15.5. The van der Waals surface area contributed by atoms with Crippen LogP contribution in [0.1, 0.15) is 31.5 Å². The summed E-state index contributed by atoms with van der Waals surface area (Å²) in [6.07, 6.45) is 4.24. The maximum absolute atomic E-state index is 12.8. The minimum Gasteiger partial charge on any atom is -0.396 e. The van der Waals surface area contributed by atoms with Crippen molar-refractivity contribution in [3.05, 3.63) is 51.9 Å². The van der Waals surface area contributed by atoms with E-state index >= 15 is 0 Å². The first-order valence-electron chi connectivity index (χ1n) is 9.17. The molecule has 5 nitrogen and oxygen atoms in total. The average molecular weight is 369 g/mol. The Morgan fingerprint density at radius 1 is 1.27 bits per heavy atom. The standard InChI is InChI=1S/C20H23N3O2S/c24-11-9-15-8-4-5-10-23(15)12-17-21-19(25)18-16(13-26-20(18)22-17)14-6-2-1-3-7-14/h1-3,6-7,13,15,24H,4-5,8-12H2,(H,21,22,25). The first kappa shape index (κ1) is 17.4. The smallest absolute Gasteiger partial charge is 0.260 e. The molecule has 0 amide bonds. The largest absolute Gasteiger partial charge is 0.396 e. The van der Waals surface area contributed by atoms with E-state index in [4.69, 9.17) is 4.98 Å². The van der Waals surface area contributed by atoms with E-state index in [-0.39, 0.29) is 12.2 Å². The van der Waals surface area contributed by atoms with E-state index in [1.807, 2.05) is 35.7 Å². The third-order valence-corrected chi connectivity index (χ3v) is 6.01. The van der Waals surface area contributed by atoms with E-state index in [1.165, 1.54) is 17.8 Å². The number of piperidine rings is 1. The van der Waals surface area contributed by atoms with Crippen LogP contribution in [0.3, 0.4) is 0 Å². The molecule has 1 aliphatic rings. The van der Waals surface area contributed by atoms with E-state index in [0.717, 1.165) is 41.8 Å². The fourth-order valence-corrected chi connectivity index (χ4v) is 4.80. The zero-order valence-electron chi connectivity index (χ0n) is 14.6. The number of H-pyrrole nitrogens is 1. The molecule has 26 heavy (non-hydrogen) atoms. The van der Waals surface area contributed by atoms with Crippen LogP contribution in [0.25, 0.3) is 21.3 Å². The second kappa shape index (κ2) is 7.70. The number of aliphatic hydroxyl groups is 1. The Balaban J connectivity index is 1.65. The number of aliphatic hydroxyl groups excluding tert-OH is 1. The molecule has 0 radical (unpaired) electrons. The molecule has 0 spiro atoms. The maximum Gasteiger partial charge on any atom is 0.260 e. The van der Waals surface area contributed by atoms with Crippen molar-refractivity contribution < 1.29 is 5.11 Å². The predicted molar refractivity (Wildman–Crippen MR) is 105 cm³/mol. The molecule has 2 aromatic heterocycles. The van der Waals surface area contributed by atoms with Gasteiger partial charge >= 0.3 is 0 Å². The van der Waals surface area contributed by atoms with Crippen LogP contribution in [0.4, 0.5) is 0 Å². The molecule has 1 saturated heterocycles. The number of hydrogen-bond donors (Lipinski definition) is 2. The van der Waals surface area contributed by atoms with Crippen LogP contribution in [0, 0.1) is 0 Å². The number of aromatic amines is 1. The first-order chi connectivity index (χ1) is 12.8. The topological polar surface area (TPSA) is 69.2 Å². The highest BCUT2D eigenvalue weighted by Gasteiger charge is 2.23. The second-order valence-corrected chi connectivity index (χ2v) is 7.70. The summed E-state index contributed by atoms with van der Waals surface area (Å²) in [4.78, 5) is 23.6. The van der Waals surface area contributed by atoms with Gasteiger partial charge in [0, 0.05) is 23.6 Å². The Morgan fingerprint density at radius 2 is 2.12 bits per heavy atom. The summed E-state index contributed by atoms with van der Waals surface area (Å²) in [6, 6.07) is 10.3. The summed E-state index contributed by atoms with van der Waals surface area (Å²) >= 11 is 1.52. The molecule has 3 aromatic rings. The van der Waals surface area contributed by atoms with Crippen molar-refractivity contribution in [3.63, 3.8) is 0 Å². The minimum absolute atomic E-state index is 0.0687. The molecular formula is C20H23N3O2S. The summed E-state index contributed by atoms with van der Waals surface area (Å²) in [7, 11) is 0. The van der Waals surface area contributed by atoms with Gasteiger partial charge in [-0.15, -0.1) is 11.3 Å². The molecule has 1 unspecified atom stereocenters. The highest BCUT2D eigenvalue weighted by molar-refractivity contribution is 7.17. The van der Waals surface area contributed by atoms with E-state index in [1.54, 1.807) is 0 Å². The lowest BCUT2D eigenvalue weighted by atomic mass is 9.99. The highest BCUT2D eigenvalue weighted by atomic mass is 32.1. The van der Waals surface area contributed by atoms with Gasteiger partial charge < -0.3 is 10.1 Å². The average Bonchev–Trinajstić information content (AvgIpc) is 3.09. The van der Waals surface area contributed by atoms with Gasteiger partial charge in [0.15, 0.2) is 0 Å². The van der Waals surface area contributed by atoms with Crippen molar-refractivity contribution in [1.29, 1.82) is 0 Å². The Labute approximate surface area is 156 Å². The summed E-state index contributed by atoms with van der Waals surface area (Å²) in [5.74, 6) is 0.716. The van der Waals surface area contributed by atoms with Gasteiger partial charge in [-0.25, -0.2) is 4.98 Å². The molecule has 0 saturated carbocycles. The van der Waals surface area contributed by atoms with E-state index in [2.05, 4.69) is 9.88 Å². The monoisotopic (exact) mass is 369 g/mol. The molecule has 4 rings (SSSR count). The third kappa shape index (κ3) is 3.45. The maximum atomic E-state index is 12.8. The third-order valence-electron chi connectivity index (χ3n) is 5.14. The molecule has 0 bridgehead atoms. The molecular weight excluding hydrogens is 346 g/mol. The summed E-state index contributed by atoms with van der Waals surface area (Å²) in [6.45, 7) is 1.83. The van der Waals surface area contributed by atoms with Crippen LogP contribution in [-0.2, 0) is 6.54 Å². The quantitative estimate of drug-likeness (QED) is 0.723. The number of aromatic nitrogens is 2. The lowest BCUT2D eigenvalue weighted by molar-refractivity contribution is 0.110. The number of fused-ring (bicyclic) bond motifs is 1. The lowest BCUT2D eigenvalue weighted by Gasteiger charge is -2.35. The van der Waals surface area contributed by atoms with Crippen molar-refractivity contribution in [2.75, 3.05) is 13.2 Å². The van der Waals surface area contributed by atoms with E-state index in [0.29, 0.717) is 23.8 Å². The summed E-state index contributed by atoms with van der Waals surface area (Å²) < 4.78 is 0. The van der Waals surface area contributed by atoms with E-state index in [9.17, 15) is 9.90 Å². The van der Waals surface area contributed by atoms with Crippen LogP contribution in [-0.4, -0.2) is 39.2 Å². The lowest BCUT2D eigenvalue weighted by Crippen LogP contribution is -2.40. The van der Waals surface area contributed by atoms with Gasteiger partial charge in [0.05, 0.1) is 11.9 Å². The fourth-order valence-electron chi connectivity index (χ4n) is 3.84. The summed E-state index contributed by atoms with van der Waals surface area (Å²) in [5.41, 5.74) is 1.92. The zero-order chi connectivity index (χ0) is 17.9. The Bertz CT molecular complexity index is 933. The van der Waals surface area contributed by atoms with Crippen molar-refractivity contribution in [3.8, 4) is 11.1 Å². The molecule has 136 valence electrons. The summed E-state index contributed by atoms with van der Waals surface area (Å²) in [5, 5.41) is 12.0. The Morgan fingerprint density at radius 3 is 2.92 bits per heavy atom. The number of rotatable bonds is 5. The molecule has 6 heteroatoms. The van der Waals surface area contributed by atoms with Gasteiger partial charge in [-0.2, -0.15) is 0 Å². The van der Waals surface area contributed by atoms with Crippen molar-refractivity contribution in [2.24, 2.45) is 0 Å². The number of thiophene rings is 1. The van der Waals surface area contributed by atoms with Gasteiger partial charge in [-0.3, -0.25) is 9.69 Å². The van der Waals surface area contributed by atoms with Crippen molar-refractivity contribution in [1.82, 2.24) is 14.9 Å². The number of nitrogens with zero attached hydrogens (tertiary/aromatic N) is 2. The Hall–Kier alpha value is -2.02. The molecule has 3 heterocycles. The second-order valence-electron chi connectivity index (χ2n) is 6.84. The fraction of sp³-hybridized carbons (Fsp3) is 0.400. The predicted octanol–water partition coefficient (Wildman–Crippen LogP) is 3.39. The van der Waals surface area contributed by atoms with Crippen LogP contribution < -0.4 is 5.56 Å². The molecule has 1 aliphatic heterocycles. The van der Waals surface area contributed by atoms with Crippen LogP contribution >= 0.6 is 11.3 Å². The van der Waals surface area contributed by atoms with Crippen LogP contribution in [0.5, 0.6) is 0 Å². The highest BCUT2D eigenvalue weighted by Crippen LogP contribution is 2.30. The van der Waals surface area contributed by atoms with Crippen molar-refractivity contribution in [2.45, 2.75) is 38.3 Å². The number of likely N-dealkylation sites (tertiary alicyclic amines) is 1.